The first-order valence-electron chi connectivity index (χ1n) is 8.29. The SMILES string of the molecule is COc1ccc(S(=O)(=O)NC(=O)[C@@H](C(C)C)N(O)Cc2cccnc2)cc1. The number of nitrogens with zero attached hydrogens (tertiary/aromatic N) is 2. The number of benzene rings is 1. The van der Waals surface area contributed by atoms with E-state index in [1.165, 1.54) is 31.4 Å². The van der Waals surface area contributed by atoms with E-state index in [0.29, 0.717) is 11.3 Å². The van der Waals surface area contributed by atoms with Crippen molar-refractivity contribution in [3.63, 3.8) is 0 Å². The highest BCUT2D eigenvalue weighted by Gasteiger charge is 2.31. The molecule has 0 fully saturated rings. The van der Waals surface area contributed by atoms with Crippen LogP contribution >= 0.6 is 0 Å². The van der Waals surface area contributed by atoms with E-state index in [2.05, 4.69) is 4.98 Å². The second kappa shape index (κ2) is 8.94. The maximum Gasteiger partial charge on any atom is 0.264 e. The fourth-order valence-corrected chi connectivity index (χ4v) is 3.56. The number of amides is 1. The van der Waals surface area contributed by atoms with Gasteiger partial charge in [-0.25, -0.2) is 13.1 Å². The molecule has 0 saturated carbocycles. The van der Waals surface area contributed by atoms with Crippen LogP contribution in [0.1, 0.15) is 19.4 Å². The summed E-state index contributed by atoms with van der Waals surface area (Å²) in [5.41, 5.74) is 0.691. The maximum absolute atomic E-state index is 12.6. The zero-order chi connectivity index (χ0) is 20.0. The molecule has 0 unspecified atom stereocenters. The molecule has 27 heavy (non-hydrogen) atoms. The highest BCUT2D eigenvalue weighted by molar-refractivity contribution is 7.90. The molecule has 1 aromatic carbocycles. The lowest BCUT2D eigenvalue weighted by Gasteiger charge is -2.28. The van der Waals surface area contributed by atoms with Gasteiger partial charge in [0.1, 0.15) is 11.8 Å². The van der Waals surface area contributed by atoms with Gasteiger partial charge < -0.3 is 9.94 Å². The second-order valence-corrected chi connectivity index (χ2v) is 7.98. The maximum atomic E-state index is 12.6. The van der Waals surface area contributed by atoms with Crippen LogP contribution in [-0.2, 0) is 21.4 Å². The summed E-state index contributed by atoms with van der Waals surface area (Å²) in [4.78, 5) is 16.5. The van der Waals surface area contributed by atoms with Crippen LogP contribution in [0, 0.1) is 5.92 Å². The van der Waals surface area contributed by atoms with Gasteiger partial charge >= 0.3 is 0 Å². The van der Waals surface area contributed by atoms with E-state index in [1.54, 1.807) is 38.4 Å². The summed E-state index contributed by atoms with van der Waals surface area (Å²) in [6, 6.07) is 8.05. The van der Waals surface area contributed by atoms with Crippen LogP contribution in [0.4, 0.5) is 0 Å². The summed E-state index contributed by atoms with van der Waals surface area (Å²) in [7, 11) is -2.61. The molecule has 0 radical (unpaired) electrons. The fourth-order valence-electron chi connectivity index (χ4n) is 2.57. The lowest BCUT2D eigenvalue weighted by atomic mass is 10.0. The molecule has 0 saturated heterocycles. The number of carbonyl (C=O) groups excluding carboxylic acids is 1. The fraction of sp³-hybridized carbons (Fsp3) is 0.333. The minimum Gasteiger partial charge on any atom is -0.497 e. The zero-order valence-electron chi connectivity index (χ0n) is 15.4. The molecule has 2 N–H and O–H groups in total. The normalized spacial score (nSPS) is 12.8. The Morgan fingerprint density at radius 1 is 1.26 bits per heavy atom. The largest absolute Gasteiger partial charge is 0.497 e. The first-order valence-corrected chi connectivity index (χ1v) is 9.78. The molecule has 0 aliphatic rings. The van der Waals surface area contributed by atoms with Crippen molar-refractivity contribution in [2.45, 2.75) is 31.3 Å². The number of carbonyl (C=O) groups is 1. The smallest absolute Gasteiger partial charge is 0.264 e. The molecule has 1 amide bonds. The predicted octanol–water partition coefficient (Wildman–Crippen LogP) is 1.81. The number of nitrogens with one attached hydrogen (secondary N) is 1. The molecular weight excluding hydrogens is 370 g/mol. The van der Waals surface area contributed by atoms with E-state index in [-0.39, 0.29) is 17.4 Å². The third kappa shape index (κ3) is 5.49. The minimum absolute atomic E-state index is 0.0344. The van der Waals surface area contributed by atoms with Gasteiger partial charge in [0, 0.05) is 12.4 Å². The van der Waals surface area contributed by atoms with Crippen LogP contribution in [0.25, 0.3) is 0 Å². The molecule has 2 rings (SSSR count). The van der Waals surface area contributed by atoms with E-state index < -0.39 is 22.0 Å². The number of aromatic nitrogens is 1. The quantitative estimate of drug-likeness (QED) is 0.658. The number of sulfonamides is 1. The van der Waals surface area contributed by atoms with Crippen molar-refractivity contribution in [1.82, 2.24) is 14.8 Å². The summed E-state index contributed by atoms with van der Waals surface area (Å²) >= 11 is 0. The molecule has 1 heterocycles. The molecular formula is C18H23N3O5S. The Balaban J connectivity index is 2.15. The second-order valence-electron chi connectivity index (χ2n) is 6.29. The van der Waals surface area contributed by atoms with Gasteiger partial charge in [-0.15, -0.1) is 0 Å². The molecule has 1 aromatic heterocycles. The molecule has 8 nitrogen and oxygen atoms in total. The van der Waals surface area contributed by atoms with Crippen molar-refractivity contribution < 1.29 is 23.2 Å². The van der Waals surface area contributed by atoms with Crippen LogP contribution < -0.4 is 9.46 Å². The van der Waals surface area contributed by atoms with Crippen molar-refractivity contribution in [3.05, 3.63) is 54.4 Å². The first-order chi connectivity index (χ1) is 12.7. The Bertz CT molecular complexity index is 854. The number of hydrogen-bond donors (Lipinski definition) is 2. The summed E-state index contributed by atoms with van der Waals surface area (Å²) in [6.45, 7) is 3.47. The highest BCUT2D eigenvalue weighted by Crippen LogP contribution is 2.17. The topological polar surface area (TPSA) is 109 Å². The van der Waals surface area contributed by atoms with E-state index in [9.17, 15) is 18.4 Å². The van der Waals surface area contributed by atoms with Gasteiger partial charge in [0.2, 0.25) is 0 Å². The van der Waals surface area contributed by atoms with Crippen LogP contribution in [0.5, 0.6) is 5.75 Å². The Labute approximate surface area is 158 Å². The van der Waals surface area contributed by atoms with Crippen LogP contribution in [0.3, 0.4) is 0 Å². The zero-order valence-corrected chi connectivity index (χ0v) is 16.2. The van der Waals surface area contributed by atoms with E-state index >= 15 is 0 Å². The van der Waals surface area contributed by atoms with E-state index in [0.717, 1.165) is 5.06 Å². The highest BCUT2D eigenvalue weighted by atomic mass is 32.2. The number of methoxy groups -OCH3 is 1. The van der Waals surface area contributed by atoms with Crippen molar-refractivity contribution in [3.8, 4) is 5.75 Å². The molecule has 146 valence electrons. The van der Waals surface area contributed by atoms with Crippen LogP contribution in [0.2, 0.25) is 0 Å². The summed E-state index contributed by atoms with van der Waals surface area (Å²) < 4.78 is 32.0. The Hall–Kier alpha value is -2.49. The van der Waals surface area contributed by atoms with Gasteiger partial charge in [0.05, 0.1) is 18.6 Å². The van der Waals surface area contributed by atoms with Gasteiger partial charge in [-0.1, -0.05) is 19.9 Å². The third-order valence-electron chi connectivity index (χ3n) is 3.89. The van der Waals surface area contributed by atoms with Gasteiger partial charge in [-0.05, 0) is 41.8 Å². The minimum atomic E-state index is -4.07. The van der Waals surface area contributed by atoms with Gasteiger partial charge in [0.15, 0.2) is 0 Å². The van der Waals surface area contributed by atoms with E-state index in [1.807, 2.05) is 4.72 Å². The predicted molar refractivity (Wildman–Crippen MR) is 98.5 cm³/mol. The Morgan fingerprint density at radius 3 is 2.44 bits per heavy atom. The van der Waals surface area contributed by atoms with Gasteiger partial charge in [-0.3, -0.25) is 9.78 Å². The van der Waals surface area contributed by atoms with Crippen LogP contribution in [-0.4, -0.2) is 42.7 Å². The number of pyridine rings is 1. The van der Waals surface area contributed by atoms with E-state index in [4.69, 9.17) is 4.74 Å². The third-order valence-corrected chi connectivity index (χ3v) is 5.26. The Kier molecular flexibility index (Phi) is 6.89. The molecule has 0 bridgehead atoms. The average Bonchev–Trinajstić information content (AvgIpc) is 2.61. The molecule has 1 atom stereocenters. The lowest BCUT2D eigenvalue weighted by Crippen LogP contribution is -2.49. The number of hydroxylamine groups is 2. The lowest BCUT2D eigenvalue weighted by molar-refractivity contribution is -0.164. The monoisotopic (exact) mass is 393 g/mol. The molecule has 0 spiro atoms. The number of rotatable bonds is 8. The summed E-state index contributed by atoms with van der Waals surface area (Å²) in [6.07, 6.45) is 3.16. The molecule has 9 heteroatoms. The van der Waals surface area contributed by atoms with Crippen molar-refractivity contribution in [2.24, 2.45) is 5.92 Å². The van der Waals surface area contributed by atoms with Gasteiger partial charge in [0.25, 0.3) is 15.9 Å². The first kappa shape index (κ1) is 20.8. The average molecular weight is 393 g/mol. The van der Waals surface area contributed by atoms with Gasteiger partial charge in [-0.2, -0.15) is 5.06 Å². The molecule has 0 aliphatic carbocycles. The summed E-state index contributed by atoms with van der Waals surface area (Å²) in [5, 5.41) is 11.2. The summed E-state index contributed by atoms with van der Waals surface area (Å²) in [5.74, 6) is -0.650. The number of ether oxygens (including phenoxy) is 1. The standard InChI is InChI=1S/C18H23N3O5S/c1-13(2)17(21(23)12-14-5-4-10-19-11-14)18(22)20-27(24,25)16-8-6-15(26-3)7-9-16/h4-11,13,17,23H,12H2,1-3H3,(H,20,22)/t17-/m1/s1. The molecule has 0 aliphatic heterocycles. The van der Waals surface area contributed by atoms with Crippen LogP contribution in [0.15, 0.2) is 53.7 Å². The number of hydrogen-bond acceptors (Lipinski definition) is 7. The Morgan fingerprint density at radius 2 is 1.93 bits per heavy atom. The van der Waals surface area contributed by atoms with Crippen molar-refractivity contribution >= 4 is 15.9 Å². The van der Waals surface area contributed by atoms with Crippen molar-refractivity contribution in [2.75, 3.05) is 7.11 Å². The molecule has 2 aromatic rings. The van der Waals surface area contributed by atoms with Crippen molar-refractivity contribution in [1.29, 1.82) is 0 Å².